The monoisotopic (exact) mass is 154 g/mol. The molecule has 1 amide bonds. The van der Waals surface area contributed by atoms with E-state index in [-0.39, 0.29) is 5.91 Å². The summed E-state index contributed by atoms with van der Waals surface area (Å²) in [6.07, 6.45) is 4.79. The molecule has 0 spiro atoms. The minimum absolute atomic E-state index is 0.0214. The van der Waals surface area contributed by atoms with Crippen LogP contribution < -0.4 is 5.43 Å². The maximum absolute atomic E-state index is 11.1. The summed E-state index contributed by atoms with van der Waals surface area (Å²) in [4.78, 5) is 11.1. The van der Waals surface area contributed by atoms with Crippen molar-refractivity contribution >= 4 is 5.91 Å². The summed E-state index contributed by atoms with van der Waals surface area (Å²) in [5, 5.41) is 1.64. The highest BCUT2D eigenvalue weighted by Crippen LogP contribution is 2.01. The highest BCUT2D eigenvalue weighted by atomic mass is 16.2. The minimum Gasteiger partial charge on any atom is -0.274 e. The third kappa shape index (κ3) is 2.35. The van der Waals surface area contributed by atoms with Gasteiger partial charge in [0.15, 0.2) is 0 Å². The molecule has 0 bridgehead atoms. The number of rotatable bonds is 1. The fourth-order valence-corrected chi connectivity index (χ4v) is 1.16. The Balaban J connectivity index is 2.42. The van der Waals surface area contributed by atoms with Gasteiger partial charge in [-0.1, -0.05) is 13.0 Å². The van der Waals surface area contributed by atoms with Gasteiger partial charge in [0, 0.05) is 13.1 Å². The first-order valence-electron chi connectivity index (χ1n) is 4.02. The van der Waals surface area contributed by atoms with Crippen molar-refractivity contribution in [3.05, 3.63) is 12.7 Å². The van der Waals surface area contributed by atoms with Gasteiger partial charge >= 0.3 is 0 Å². The highest BCUT2D eigenvalue weighted by molar-refractivity contribution is 5.86. The second-order valence-electron chi connectivity index (χ2n) is 2.66. The van der Waals surface area contributed by atoms with E-state index in [1.54, 1.807) is 5.01 Å². The summed E-state index contributed by atoms with van der Waals surface area (Å²) in [5.74, 6) is -0.0214. The second kappa shape index (κ2) is 4.13. The molecule has 1 aliphatic heterocycles. The standard InChI is InChI=1S/C8H14N2O/c1-2-8(11)10-7-5-3-4-6-9-10/h2,9H,1,3-7H2. The van der Waals surface area contributed by atoms with Crippen LogP contribution in [-0.2, 0) is 4.79 Å². The molecule has 11 heavy (non-hydrogen) atoms. The summed E-state index contributed by atoms with van der Waals surface area (Å²) in [5.41, 5.74) is 3.04. The number of carbonyl (C=O) groups excluding carboxylic acids is 1. The summed E-state index contributed by atoms with van der Waals surface area (Å²) in [6, 6.07) is 0. The zero-order valence-electron chi connectivity index (χ0n) is 6.68. The second-order valence-corrected chi connectivity index (χ2v) is 2.66. The number of hydrazine groups is 1. The van der Waals surface area contributed by atoms with Crippen LogP contribution in [0.25, 0.3) is 0 Å². The van der Waals surface area contributed by atoms with Gasteiger partial charge < -0.3 is 0 Å². The Morgan fingerprint density at radius 3 is 3.00 bits per heavy atom. The molecule has 3 nitrogen and oxygen atoms in total. The molecular formula is C8H14N2O. The number of nitrogens with zero attached hydrogens (tertiary/aromatic N) is 1. The fraction of sp³-hybridized carbons (Fsp3) is 0.625. The molecule has 0 saturated carbocycles. The highest BCUT2D eigenvalue weighted by Gasteiger charge is 2.10. The summed E-state index contributed by atoms with van der Waals surface area (Å²) >= 11 is 0. The molecule has 1 heterocycles. The van der Waals surface area contributed by atoms with Crippen molar-refractivity contribution in [2.75, 3.05) is 13.1 Å². The van der Waals surface area contributed by atoms with Crippen LogP contribution in [0.15, 0.2) is 12.7 Å². The Labute approximate surface area is 67.0 Å². The number of carbonyl (C=O) groups is 1. The van der Waals surface area contributed by atoms with Crippen LogP contribution in [0.1, 0.15) is 19.3 Å². The lowest BCUT2D eigenvalue weighted by molar-refractivity contribution is -0.128. The molecule has 0 aromatic heterocycles. The van der Waals surface area contributed by atoms with E-state index in [2.05, 4.69) is 12.0 Å². The van der Waals surface area contributed by atoms with Gasteiger partial charge in [0.25, 0.3) is 5.91 Å². The van der Waals surface area contributed by atoms with Gasteiger partial charge in [0.05, 0.1) is 0 Å². The lowest BCUT2D eigenvalue weighted by Crippen LogP contribution is -2.41. The summed E-state index contributed by atoms with van der Waals surface area (Å²) in [7, 11) is 0. The van der Waals surface area contributed by atoms with Crippen molar-refractivity contribution in [3.8, 4) is 0 Å². The van der Waals surface area contributed by atoms with Crippen LogP contribution in [0.5, 0.6) is 0 Å². The van der Waals surface area contributed by atoms with Crippen LogP contribution in [0.4, 0.5) is 0 Å². The zero-order valence-corrected chi connectivity index (χ0v) is 6.68. The SMILES string of the molecule is C=CC(=O)N1CCCCCN1. The molecule has 1 fully saturated rings. The van der Waals surface area contributed by atoms with Gasteiger partial charge in [-0.05, 0) is 18.9 Å². The van der Waals surface area contributed by atoms with Crippen LogP contribution >= 0.6 is 0 Å². The van der Waals surface area contributed by atoms with Gasteiger partial charge in [0.2, 0.25) is 0 Å². The molecule has 0 atom stereocenters. The van der Waals surface area contributed by atoms with E-state index in [0.29, 0.717) is 0 Å². The molecule has 1 rings (SSSR count). The van der Waals surface area contributed by atoms with E-state index < -0.39 is 0 Å². The molecular weight excluding hydrogens is 140 g/mol. The lowest BCUT2D eigenvalue weighted by atomic mass is 10.2. The minimum atomic E-state index is -0.0214. The van der Waals surface area contributed by atoms with Gasteiger partial charge in [-0.3, -0.25) is 9.80 Å². The number of amides is 1. The normalized spacial score (nSPS) is 19.1. The Morgan fingerprint density at radius 1 is 1.45 bits per heavy atom. The molecule has 62 valence electrons. The van der Waals surface area contributed by atoms with E-state index in [1.807, 2.05) is 0 Å². The number of nitrogens with one attached hydrogen (secondary N) is 1. The van der Waals surface area contributed by atoms with Gasteiger partial charge in [-0.25, -0.2) is 5.43 Å². The van der Waals surface area contributed by atoms with Gasteiger partial charge in [-0.15, -0.1) is 0 Å². The van der Waals surface area contributed by atoms with E-state index in [0.717, 1.165) is 25.9 Å². The Kier molecular flexibility index (Phi) is 3.11. The van der Waals surface area contributed by atoms with Gasteiger partial charge in [-0.2, -0.15) is 0 Å². The topological polar surface area (TPSA) is 32.3 Å². The molecule has 1 N–H and O–H groups in total. The van der Waals surface area contributed by atoms with Gasteiger partial charge in [0.1, 0.15) is 0 Å². The molecule has 3 heteroatoms. The lowest BCUT2D eigenvalue weighted by Gasteiger charge is -2.18. The number of hydrogen-bond acceptors (Lipinski definition) is 2. The van der Waals surface area contributed by atoms with Crippen molar-refractivity contribution in [2.24, 2.45) is 0 Å². The Morgan fingerprint density at radius 2 is 2.27 bits per heavy atom. The van der Waals surface area contributed by atoms with E-state index in [1.165, 1.54) is 12.5 Å². The third-order valence-electron chi connectivity index (χ3n) is 1.80. The average molecular weight is 154 g/mol. The molecule has 0 radical (unpaired) electrons. The van der Waals surface area contributed by atoms with E-state index in [9.17, 15) is 4.79 Å². The van der Waals surface area contributed by atoms with Crippen molar-refractivity contribution in [1.82, 2.24) is 10.4 Å². The molecule has 0 aliphatic carbocycles. The van der Waals surface area contributed by atoms with Crippen LogP contribution in [0.3, 0.4) is 0 Å². The molecule has 0 unspecified atom stereocenters. The predicted octanol–water partition coefficient (Wildman–Crippen LogP) is 0.690. The first-order valence-corrected chi connectivity index (χ1v) is 4.02. The van der Waals surface area contributed by atoms with Crippen molar-refractivity contribution < 1.29 is 4.79 Å². The summed E-state index contributed by atoms with van der Waals surface area (Å²) in [6.45, 7) is 5.15. The number of hydrogen-bond donors (Lipinski definition) is 1. The maximum Gasteiger partial charge on any atom is 0.260 e. The molecule has 1 saturated heterocycles. The molecule has 0 aromatic rings. The van der Waals surface area contributed by atoms with E-state index in [4.69, 9.17) is 0 Å². The van der Waals surface area contributed by atoms with Crippen molar-refractivity contribution in [3.63, 3.8) is 0 Å². The maximum atomic E-state index is 11.1. The Bertz CT molecular complexity index is 148. The Hall–Kier alpha value is -0.830. The van der Waals surface area contributed by atoms with Crippen LogP contribution in [0, 0.1) is 0 Å². The van der Waals surface area contributed by atoms with Crippen LogP contribution in [-0.4, -0.2) is 24.0 Å². The zero-order chi connectivity index (χ0) is 8.10. The fourth-order valence-electron chi connectivity index (χ4n) is 1.16. The average Bonchev–Trinajstić information content (AvgIpc) is 2.30. The predicted molar refractivity (Wildman–Crippen MR) is 43.8 cm³/mol. The summed E-state index contributed by atoms with van der Waals surface area (Å²) < 4.78 is 0. The van der Waals surface area contributed by atoms with Crippen LogP contribution in [0.2, 0.25) is 0 Å². The first-order chi connectivity index (χ1) is 5.34. The molecule has 0 aromatic carbocycles. The quantitative estimate of drug-likeness (QED) is 0.563. The smallest absolute Gasteiger partial charge is 0.260 e. The first kappa shape index (κ1) is 8.27. The van der Waals surface area contributed by atoms with Crippen molar-refractivity contribution in [2.45, 2.75) is 19.3 Å². The van der Waals surface area contributed by atoms with E-state index >= 15 is 0 Å². The molecule has 1 aliphatic rings. The van der Waals surface area contributed by atoms with Crippen molar-refractivity contribution in [1.29, 1.82) is 0 Å². The third-order valence-corrected chi connectivity index (χ3v) is 1.80. The largest absolute Gasteiger partial charge is 0.274 e.